The lowest BCUT2D eigenvalue weighted by Crippen LogP contribution is -2.31. The number of hydrogen-bond donors (Lipinski definition) is 2. The summed E-state index contributed by atoms with van der Waals surface area (Å²) in [7, 11) is 1.43. The maximum absolute atomic E-state index is 13.1. The van der Waals surface area contributed by atoms with Crippen LogP contribution in [0.3, 0.4) is 0 Å². The number of nitrogens with one attached hydrogen (secondary N) is 2. The smallest absolute Gasteiger partial charge is 0.277 e. The van der Waals surface area contributed by atoms with Gasteiger partial charge in [-0.2, -0.15) is 5.10 Å². The van der Waals surface area contributed by atoms with Crippen molar-refractivity contribution in [1.29, 1.82) is 0 Å². The Morgan fingerprint density at radius 1 is 1.15 bits per heavy atom. The van der Waals surface area contributed by atoms with Crippen molar-refractivity contribution in [3.63, 3.8) is 0 Å². The fraction of sp³-hybridized carbons (Fsp3) is 0.261. The number of methoxy groups -OCH3 is 1. The van der Waals surface area contributed by atoms with Gasteiger partial charge in [0.15, 0.2) is 5.52 Å². The largest absolute Gasteiger partial charge is 0.496 e. The first kappa shape index (κ1) is 23.6. The van der Waals surface area contributed by atoms with Crippen LogP contribution in [0.4, 0.5) is 0 Å². The predicted molar refractivity (Wildman–Crippen MR) is 130 cm³/mol. The van der Waals surface area contributed by atoms with E-state index in [9.17, 15) is 13.2 Å². The number of likely N-dealkylation sites (N-methyl/N-ethyl adjacent to an activating group) is 1. The van der Waals surface area contributed by atoms with E-state index < -0.39 is 10.0 Å². The Labute approximate surface area is 197 Å². The van der Waals surface area contributed by atoms with E-state index in [0.29, 0.717) is 28.8 Å². The third-order valence-corrected chi connectivity index (χ3v) is 6.75. The van der Waals surface area contributed by atoms with Gasteiger partial charge in [-0.05, 0) is 45.3 Å². The molecule has 0 unspecified atom stereocenters. The Kier molecular flexibility index (Phi) is 6.51. The molecule has 0 spiro atoms. The normalized spacial score (nSPS) is 11.9. The van der Waals surface area contributed by atoms with Crippen molar-refractivity contribution in [2.24, 2.45) is 0 Å². The Bertz CT molecular complexity index is 1490. The number of sulfonamides is 1. The lowest BCUT2D eigenvalue weighted by molar-refractivity contribution is 0.411. The molecule has 34 heavy (non-hydrogen) atoms. The molecule has 2 aromatic carbocycles. The monoisotopic (exact) mass is 482 g/mol. The molecule has 0 aliphatic heterocycles. The molecular formula is C23H26N6O4S. The third kappa shape index (κ3) is 4.58. The van der Waals surface area contributed by atoms with E-state index in [-0.39, 0.29) is 28.6 Å². The van der Waals surface area contributed by atoms with Crippen LogP contribution in [0.15, 0.2) is 58.2 Å². The molecule has 0 aliphatic rings. The van der Waals surface area contributed by atoms with Crippen LogP contribution in [-0.4, -0.2) is 67.4 Å². The summed E-state index contributed by atoms with van der Waals surface area (Å²) < 4.78 is 34.9. The summed E-state index contributed by atoms with van der Waals surface area (Å²) in [5, 5.41) is 4.50. The molecule has 178 valence electrons. The predicted octanol–water partition coefficient (Wildman–Crippen LogP) is 1.93. The highest BCUT2D eigenvalue weighted by molar-refractivity contribution is 7.89. The zero-order valence-corrected chi connectivity index (χ0v) is 20.2. The number of hydrogen-bond acceptors (Lipinski definition) is 7. The second kappa shape index (κ2) is 9.37. The molecule has 2 heterocycles. The summed E-state index contributed by atoms with van der Waals surface area (Å²) in [6, 6.07) is 13.8. The molecular weight excluding hydrogens is 456 g/mol. The van der Waals surface area contributed by atoms with Gasteiger partial charge in [-0.3, -0.25) is 4.79 Å². The van der Waals surface area contributed by atoms with Gasteiger partial charge >= 0.3 is 0 Å². The molecule has 0 bridgehead atoms. The number of rotatable bonds is 8. The number of benzene rings is 2. The van der Waals surface area contributed by atoms with E-state index in [4.69, 9.17) is 4.74 Å². The highest BCUT2D eigenvalue weighted by atomic mass is 32.2. The van der Waals surface area contributed by atoms with E-state index in [0.717, 1.165) is 5.69 Å². The minimum absolute atomic E-state index is 0.0587. The molecule has 10 nitrogen and oxygen atoms in total. The second-order valence-corrected chi connectivity index (χ2v) is 9.77. The van der Waals surface area contributed by atoms with Gasteiger partial charge in [0.05, 0.1) is 29.0 Å². The van der Waals surface area contributed by atoms with Crippen LogP contribution < -0.4 is 15.0 Å². The molecule has 2 aromatic heterocycles. The summed E-state index contributed by atoms with van der Waals surface area (Å²) in [4.78, 5) is 22.4. The molecule has 0 aliphatic carbocycles. The Morgan fingerprint density at radius 2 is 1.88 bits per heavy atom. The van der Waals surface area contributed by atoms with Crippen LogP contribution in [0.2, 0.25) is 0 Å². The number of fused-ring (bicyclic) bond motifs is 1. The van der Waals surface area contributed by atoms with E-state index >= 15 is 0 Å². The van der Waals surface area contributed by atoms with E-state index in [2.05, 4.69) is 19.8 Å². The maximum atomic E-state index is 13.1. The van der Waals surface area contributed by atoms with Gasteiger partial charge in [-0.25, -0.2) is 22.8 Å². The van der Waals surface area contributed by atoms with Crippen molar-refractivity contribution in [3.8, 4) is 22.8 Å². The Balaban J connectivity index is 1.76. The fourth-order valence-corrected chi connectivity index (χ4v) is 4.60. The molecule has 0 amide bonds. The van der Waals surface area contributed by atoms with Gasteiger partial charge in [0.1, 0.15) is 17.1 Å². The van der Waals surface area contributed by atoms with Crippen molar-refractivity contribution in [3.05, 3.63) is 64.6 Å². The van der Waals surface area contributed by atoms with Gasteiger partial charge in [0, 0.05) is 19.2 Å². The Morgan fingerprint density at radius 3 is 2.56 bits per heavy atom. The SMILES string of the molecule is COc1cc(S(=O)(=O)NCCN(C)C)ccc1-c1nc2c(C)nn(-c3ccccc3)c2c(=O)[nH]1. The first-order valence-electron chi connectivity index (χ1n) is 10.6. The number of aromatic amines is 1. The average Bonchev–Trinajstić information content (AvgIpc) is 3.15. The minimum Gasteiger partial charge on any atom is -0.496 e. The van der Waals surface area contributed by atoms with Crippen LogP contribution in [0, 0.1) is 6.92 Å². The topological polar surface area (TPSA) is 122 Å². The van der Waals surface area contributed by atoms with Crippen LogP contribution in [0.1, 0.15) is 5.69 Å². The summed E-state index contributed by atoms with van der Waals surface area (Å²) in [5.74, 6) is 0.528. The zero-order chi connectivity index (χ0) is 24.5. The Hall–Kier alpha value is -3.54. The number of ether oxygens (including phenoxy) is 1. The highest BCUT2D eigenvalue weighted by Gasteiger charge is 2.20. The summed E-state index contributed by atoms with van der Waals surface area (Å²) >= 11 is 0. The molecule has 0 radical (unpaired) electrons. The zero-order valence-electron chi connectivity index (χ0n) is 19.4. The molecule has 4 rings (SSSR count). The van der Waals surface area contributed by atoms with Gasteiger partial charge < -0.3 is 14.6 Å². The maximum Gasteiger partial charge on any atom is 0.277 e. The number of aromatic nitrogens is 4. The minimum atomic E-state index is -3.73. The van der Waals surface area contributed by atoms with Gasteiger partial charge in [0.25, 0.3) is 5.56 Å². The van der Waals surface area contributed by atoms with Gasteiger partial charge in [-0.1, -0.05) is 18.2 Å². The van der Waals surface area contributed by atoms with Crippen LogP contribution in [-0.2, 0) is 10.0 Å². The van der Waals surface area contributed by atoms with Crippen molar-refractivity contribution in [2.45, 2.75) is 11.8 Å². The molecule has 0 fully saturated rings. The van der Waals surface area contributed by atoms with Crippen molar-refractivity contribution < 1.29 is 13.2 Å². The van der Waals surface area contributed by atoms with Gasteiger partial charge in [0.2, 0.25) is 10.0 Å². The van der Waals surface area contributed by atoms with E-state index in [1.165, 1.54) is 19.2 Å². The van der Waals surface area contributed by atoms with E-state index in [1.807, 2.05) is 49.3 Å². The number of H-pyrrole nitrogens is 1. The van der Waals surface area contributed by atoms with Crippen molar-refractivity contribution in [2.75, 3.05) is 34.3 Å². The van der Waals surface area contributed by atoms with Crippen molar-refractivity contribution in [1.82, 2.24) is 29.4 Å². The summed E-state index contributed by atoms with van der Waals surface area (Å²) in [6.45, 7) is 2.62. The fourth-order valence-electron chi connectivity index (χ4n) is 3.57. The molecule has 2 N–H and O–H groups in total. The van der Waals surface area contributed by atoms with Crippen LogP contribution in [0.25, 0.3) is 28.1 Å². The molecule has 0 saturated carbocycles. The van der Waals surface area contributed by atoms with E-state index in [1.54, 1.807) is 17.7 Å². The number of para-hydroxylation sites is 1. The number of nitrogens with zero attached hydrogens (tertiary/aromatic N) is 4. The molecule has 0 atom stereocenters. The molecule has 4 aromatic rings. The summed E-state index contributed by atoms with van der Waals surface area (Å²) in [6.07, 6.45) is 0. The summed E-state index contributed by atoms with van der Waals surface area (Å²) in [5.41, 5.74) is 2.21. The second-order valence-electron chi connectivity index (χ2n) is 8.01. The third-order valence-electron chi connectivity index (χ3n) is 5.29. The quantitative estimate of drug-likeness (QED) is 0.393. The molecule has 0 saturated heterocycles. The first-order valence-corrected chi connectivity index (χ1v) is 12.1. The van der Waals surface area contributed by atoms with Crippen LogP contribution in [0.5, 0.6) is 5.75 Å². The molecule has 11 heteroatoms. The van der Waals surface area contributed by atoms with Crippen molar-refractivity contribution >= 4 is 21.1 Å². The first-order chi connectivity index (χ1) is 16.2. The van der Waals surface area contributed by atoms with Crippen LogP contribution >= 0.6 is 0 Å². The standard InChI is InChI=1S/C23H26N6O4S/c1-15-20-21(29(27-15)16-8-6-5-7-9-16)23(30)26-22(25-20)18-11-10-17(14-19(18)33-4)34(31,32)24-12-13-28(2)3/h5-11,14,24H,12-13H2,1-4H3,(H,25,26,30). The lowest BCUT2D eigenvalue weighted by Gasteiger charge is -2.13. The number of aryl methyl sites for hydroxylation is 1. The average molecular weight is 483 g/mol. The lowest BCUT2D eigenvalue weighted by atomic mass is 10.2. The highest BCUT2D eigenvalue weighted by Crippen LogP contribution is 2.30. The van der Waals surface area contributed by atoms with Gasteiger partial charge in [-0.15, -0.1) is 0 Å².